The average Bonchev–Trinajstić information content (AvgIpc) is 4.04. The van der Waals surface area contributed by atoms with Gasteiger partial charge in [0.05, 0.1) is 17.9 Å². The van der Waals surface area contributed by atoms with E-state index in [1.165, 1.54) is 13.1 Å². The molecule has 2 aliphatic carbocycles. The third-order valence-electron chi connectivity index (χ3n) is 11.7. The summed E-state index contributed by atoms with van der Waals surface area (Å²) in [6, 6.07) is 3.66. The second kappa shape index (κ2) is 15.9. The predicted molar refractivity (Wildman–Crippen MR) is 206 cm³/mol. The molecule has 3 fully saturated rings. The Kier molecular flexibility index (Phi) is 11.8. The maximum Gasteiger partial charge on any atom is 0.411 e. The highest BCUT2D eigenvalue weighted by atomic mass is 32.2. The van der Waals surface area contributed by atoms with Gasteiger partial charge in [-0.15, -0.1) is 0 Å². The summed E-state index contributed by atoms with van der Waals surface area (Å²) >= 11 is 0. The zero-order valence-electron chi connectivity index (χ0n) is 33.4. The monoisotopic (exact) mass is 835 g/mol. The van der Waals surface area contributed by atoms with Crippen LogP contribution in [0.4, 0.5) is 18.0 Å². The lowest BCUT2D eigenvalue weighted by molar-refractivity contribution is -0.222. The van der Waals surface area contributed by atoms with E-state index < -0.39 is 86.4 Å². The lowest BCUT2D eigenvalue weighted by Gasteiger charge is -2.45. The highest BCUT2D eigenvalue weighted by Gasteiger charge is 2.63. The van der Waals surface area contributed by atoms with Crippen molar-refractivity contribution in [2.75, 3.05) is 6.54 Å². The number of halogens is 3. The Bertz CT molecular complexity index is 2070. The molecule has 1 saturated heterocycles. The zero-order chi connectivity index (χ0) is 42.5. The molecule has 0 spiro atoms. The Morgan fingerprint density at radius 1 is 1.10 bits per heavy atom. The van der Waals surface area contributed by atoms with Crippen LogP contribution in [-0.4, -0.2) is 105 Å². The molecule has 0 radical (unpaired) electrons. The number of amides is 4. The van der Waals surface area contributed by atoms with Crippen LogP contribution in [0.25, 0.3) is 10.8 Å². The van der Waals surface area contributed by atoms with E-state index in [1.54, 1.807) is 30.3 Å². The molecule has 1 aromatic carbocycles. The van der Waals surface area contributed by atoms with Crippen molar-refractivity contribution < 1.29 is 55.3 Å². The molecule has 0 bridgehead atoms. The fourth-order valence-electron chi connectivity index (χ4n) is 8.21. The molecule has 318 valence electrons. The second-order valence-corrected chi connectivity index (χ2v) is 19.0. The number of sulfonamides is 1. The number of allylic oxidation sites excluding steroid dienone is 1. The molecule has 3 N–H and O–H groups in total. The van der Waals surface area contributed by atoms with Gasteiger partial charge in [0.15, 0.2) is 0 Å². The van der Waals surface area contributed by atoms with Gasteiger partial charge in [-0.1, -0.05) is 26.0 Å². The summed E-state index contributed by atoms with van der Waals surface area (Å²) in [5.41, 5.74) is -4.73. The van der Waals surface area contributed by atoms with Gasteiger partial charge >= 0.3 is 12.3 Å². The molecule has 4 aliphatic rings. The Balaban J connectivity index is 1.41. The highest BCUT2D eigenvalue weighted by Crippen LogP contribution is 2.47. The number of pyridine rings is 1. The number of fused-ring (bicyclic) bond motifs is 3. The van der Waals surface area contributed by atoms with E-state index >= 15 is 0 Å². The van der Waals surface area contributed by atoms with Crippen LogP contribution in [0.15, 0.2) is 42.6 Å². The first-order valence-electron chi connectivity index (χ1n) is 19.7. The number of carboxylic acid groups (broad SMARTS) is 1. The number of carbonyl (C=O) groups excluding carboxylic acids is 3. The predicted octanol–water partition coefficient (Wildman–Crippen LogP) is 5.56. The van der Waals surface area contributed by atoms with Crippen molar-refractivity contribution in [3.05, 3.63) is 42.6 Å². The first-order chi connectivity index (χ1) is 27.1. The van der Waals surface area contributed by atoms with E-state index in [2.05, 4.69) is 15.0 Å². The molecule has 1 aromatic heterocycles. The molecular formula is C40H52F3N5O9S. The van der Waals surface area contributed by atoms with E-state index in [9.17, 15) is 45.9 Å². The van der Waals surface area contributed by atoms with Crippen LogP contribution >= 0.6 is 0 Å². The molecule has 7 atom stereocenters. The summed E-state index contributed by atoms with van der Waals surface area (Å²) in [5, 5.41) is 13.7. The Morgan fingerprint density at radius 3 is 2.45 bits per heavy atom. The number of nitrogens with one attached hydrogen (secondary N) is 2. The third kappa shape index (κ3) is 8.71. The molecule has 2 aliphatic heterocycles. The zero-order valence-corrected chi connectivity index (χ0v) is 34.2. The molecule has 2 aromatic rings. The van der Waals surface area contributed by atoms with E-state index in [0.717, 1.165) is 4.90 Å². The standard InChI is InChI=1S/C40H52F3N5O9S/c1-22(2)56-27-11-14-30-25(18-27)15-16-44-34(30)57-28-19-31-33(49)45-39(36(51)46-58(54,55)29-12-13-29)20-26(39)10-8-7-9-23(3)17-24(4)32(35(50)47(31)21-28)48(37(52)53)38(5,6)40(41,42)43/h8,10-11,14-16,18,22-24,26,28-29,31-32H,7,9,12-13,17,19-21H2,1-6H3,(H,45,49)(H,46,51)(H,52,53)/t23-,24+,26+,28+,31-,32-,39+/m0/s1. The number of rotatable bonds is 9. The van der Waals surface area contributed by atoms with E-state index in [4.69, 9.17) is 9.47 Å². The number of ether oxygens (including phenoxy) is 2. The minimum Gasteiger partial charge on any atom is -0.491 e. The van der Waals surface area contributed by atoms with E-state index in [0.29, 0.717) is 56.1 Å². The van der Waals surface area contributed by atoms with Gasteiger partial charge in [0.25, 0.3) is 5.91 Å². The Labute approximate surface area is 335 Å². The van der Waals surface area contributed by atoms with Crippen LogP contribution in [0.2, 0.25) is 0 Å². The van der Waals surface area contributed by atoms with Gasteiger partial charge in [-0.3, -0.25) is 24.0 Å². The number of alkyl halides is 3. The summed E-state index contributed by atoms with van der Waals surface area (Å²) in [7, 11) is -4.02. The minimum atomic E-state index is -5.09. The molecule has 6 rings (SSSR count). The minimum absolute atomic E-state index is 0.0616. The van der Waals surface area contributed by atoms with Crippen molar-refractivity contribution in [1.29, 1.82) is 0 Å². The molecule has 14 nitrogen and oxygen atoms in total. The largest absolute Gasteiger partial charge is 0.491 e. The van der Waals surface area contributed by atoms with Crippen LogP contribution < -0.4 is 19.5 Å². The molecule has 58 heavy (non-hydrogen) atoms. The van der Waals surface area contributed by atoms with Crippen LogP contribution in [0.3, 0.4) is 0 Å². The number of carbonyl (C=O) groups is 4. The first kappa shape index (κ1) is 43.0. The summed E-state index contributed by atoms with van der Waals surface area (Å²) in [4.78, 5) is 61.8. The summed E-state index contributed by atoms with van der Waals surface area (Å²) < 4.78 is 84.2. The molecule has 18 heteroatoms. The average molecular weight is 836 g/mol. The van der Waals surface area contributed by atoms with E-state index in [-0.39, 0.29) is 48.6 Å². The normalized spacial score (nSPS) is 28.5. The quantitative estimate of drug-likeness (QED) is 0.271. The van der Waals surface area contributed by atoms with Gasteiger partial charge in [0.1, 0.15) is 35.0 Å². The number of nitrogens with zero attached hydrogens (tertiary/aromatic N) is 3. The van der Waals surface area contributed by atoms with Crippen LogP contribution in [-0.2, 0) is 24.4 Å². The maximum atomic E-state index is 15.0. The first-order valence-corrected chi connectivity index (χ1v) is 21.3. The fraction of sp³-hybridized carbons (Fsp3) is 0.625. The summed E-state index contributed by atoms with van der Waals surface area (Å²) in [6.07, 6.45) is -1.29. The van der Waals surface area contributed by atoms with Crippen LogP contribution in [0, 0.1) is 17.8 Å². The van der Waals surface area contributed by atoms with Crippen LogP contribution in [0.1, 0.15) is 86.5 Å². The maximum absolute atomic E-state index is 15.0. The fourth-order valence-corrected chi connectivity index (χ4v) is 9.57. The lowest BCUT2D eigenvalue weighted by atomic mass is 9.85. The van der Waals surface area contributed by atoms with E-state index in [1.807, 2.05) is 26.8 Å². The molecule has 3 heterocycles. The van der Waals surface area contributed by atoms with Crippen molar-refractivity contribution in [2.45, 2.75) is 133 Å². The van der Waals surface area contributed by atoms with Crippen molar-refractivity contribution >= 4 is 44.6 Å². The number of hydrogen-bond acceptors (Lipinski definition) is 9. The van der Waals surface area contributed by atoms with Gasteiger partial charge in [-0.25, -0.2) is 18.2 Å². The number of aromatic nitrogens is 1. The summed E-state index contributed by atoms with van der Waals surface area (Å²) in [5.74, 6) is -3.82. The van der Waals surface area contributed by atoms with Gasteiger partial charge in [0.2, 0.25) is 27.7 Å². The lowest BCUT2D eigenvalue weighted by Crippen LogP contribution is -2.66. The molecule has 4 amide bonds. The smallest absolute Gasteiger partial charge is 0.411 e. The van der Waals surface area contributed by atoms with Crippen molar-refractivity contribution in [3.8, 4) is 11.6 Å². The number of benzene rings is 1. The highest BCUT2D eigenvalue weighted by molar-refractivity contribution is 7.91. The van der Waals surface area contributed by atoms with Crippen molar-refractivity contribution in [1.82, 2.24) is 24.8 Å². The molecule has 2 saturated carbocycles. The number of hydrogen-bond donors (Lipinski definition) is 3. The van der Waals surface area contributed by atoms with Crippen molar-refractivity contribution in [2.24, 2.45) is 17.8 Å². The van der Waals surface area contributed by atoms with Gasteiger partial charge in [-0.05, 0) is 108 Å². The van der Waals surface area contributed by atoms with Gasteiger partial charge in [-0.2, -0.15) is 13.2 Å². The topological polar surface area (TPSA) is 185 Å². The third-order valence-corrected chi connectivity index (χ3v) is 13.5. The summed E-state index contributed by atoms with van der Waals surface area (Å²) in [6.45, 7) is 8.19. The van der Waals surface area contributed by atoms with Crippen molar-refractivity contribution in [3.63, 3.8) is 0 Å². The second-order valence-electron chi connectivity index (χ2n) is 17.1. The molecule has 0 unspecified atom stereocenters. The Hall–Kier alpha value is -4.61. The Morgan fingerprint density at radius 2 is 1.81 bits per heavy atom. The SMILES string of the molecule is CC(C)Oc1ccc2c(O[C@@H]3C[C@H]4C(=O)N[C@]5(C(=O)NS(=O)(=O)C6CC6)C[C@H]5C=CCC[C@H](C)C[C@@H](C)[C@H](N(C(=O)O)C(C)(C)C(F)(F)F)C(=O)N4C3)nccc2c1. The van der Waals surface area contributed by atoms with Gasteiger partial charge in [0, 0.05) is 23.9 Å². The molecular weight excluding hydrogens is 784 g/mol. The van der Waals surface area contributed by atoms with Crippen LogP contribution in [0.5, 0.6) is 11.6 Å². The van der Waals surface area contributed by atoms with Gasteiger partial charge < -0.3 is 24.8 Å².